The summed E-state index contributed by atoms with van der Waals surface area (Å²) in [7, 11) is 0. The zero-order valence-electron chi connectivity index (χ0n) is 56.2. The fraction of sp³-hybridized carbons (Fsp3) is 0.896. The van der Waals surface area contributed by atoms with Crippen LogP contribution in [-0.4, -0.2) is 47.4 Å². The normalized spacial score (nSPS) is 12.7. The molecule has 6 nitrogen and oxygen atoms in total. The highest BCUT2D eigenvalue weighted by molar-refractivity contribution is 5.76. The first-order valence-corrected chi connectivity index (χ1v) is 37.7. The molecule has 0 aromatic heterocycles. The van der Waals surface area contributed by atoms with Gasteiger partial charge in [-0.05, 0) is 83.5 Å². The van der Waals surface area contributed by atoms with Gasteiger partial charge in [0.2, 0.25) is 5.91 Å². The Bertz CT molecular complexity index is 1340. The summed E-state index contributed by atoms with van der Waals surface area (Å²) in [6.07, 6.45) is 93.8. The second kappa shape index (κ2) is 72.6. The number of carbonyl (C=O) groups is 2. The van der Waals surface area contributed by atoms with Gasteiger partial charge in [0, 0.05) is 12.8 Å². The lowest BCUT2D eigenvalue weighted by Gasteiger charge is -2.22. The van der Waals surface area contributed by atoms with Crippen molar-refractivity contribution in [2.24, 2.45) is 0 Å². The maximum atomic E-state index is 12.5. The number of allylic oxidation sites excluding steroid dienone is 6. The molecule has 0 saturated carbocycles. The van der Waals surface area contributed by atoms with E-state index >= 15 is 0 Å². The molecule has 0 rings (SSSR count). The number of hydrogen-bond donors (Lipinski definition) is 3. The molecule has 83 heavy (non-hydrogen) atoms. The number of esters is 1. The van der Waals surface area contributed by atoms with Gasteiger partial charge in [0.15, 0.2) is 0 Å². The molecular weight excluding hydrogens is 1020 g/mol. The summed E-state index contributed by atoms with van der Waals surface area (Å²) in [6, 6.07) is -0.536. The molecule has 0 aliphatic heterocycles. The Morgan fingerprint density at radius 1 is 0.337 bits per heavy atom. The predicted octanol–water partition coefficient (Wildman–Crippen LogP) is 24.7. The smallest absolute Gasteiger partial charge is 0.305 e. The minimum Gasteiger partial charge on any atom is -0.466 e. The van der Waals surface area contributed by atoms with Gasteiger partial charge in [0.1, 0.15) is 0 Å². The summed E-state index contributed by atoms with van der Waals surface area (Å²) in [6.45, 7) is 4.95. The molecule has 0 heterocycles. The van der Waals surface area contributed by atoms with E-state index in [0.717, 1.165) is 51.4 Å². The lowest BCUT2D eigenvalue weighted by atomic mass is 10.0. The standard InChI is InChI=1S/C77H147NO5/c1-3-5-7-9-11-13-15-16-17-44-47-51-55-59-63-67-71-77(82)83-72-68-64-60-56-52-48-45-42-40-38-36-34-32-30-28-26-24-22-20-18-19-21-23-25-27-29-31-33-35-37-39-41-43-46-50-54-58-62-66-70-76(81)78-74(73-79)75(80)69-65-61-57-53-49-14-12-10-8-6-4-2/h13,15,17-19,44,74-75,79-80H,3-12,14,16,20-43,45-73H2,1-2H3,(H,78,81)/b15-13-,19-18-,44-17-. The van der Waals surface area contributed by atoms with Crippen LogP contribution in [0.1, 0.15) is 418 Å². The molecule has 0 spiro atoms. The molecular formula is C77H147NO5. The average Bonchev–Trinajstić information content (AvgIpc) is 3.49. The topological polar surface area (TPSA) is 95.9 Å². The second-order valence-electron chi connectivity index (χ2n) is 26.0. The monoisotopic (exact) mass is 1170 g/mol. The molecule has 0 radical (unpaired) electrons. The Kier molecular flexibility index (Phi) is 70.9. The number of ether oxygens (including phenoxy) is 1. The van der Waals surface area contributed by atoms with Crippen molar-refractivity contribution in [1.29, 1.82) is 0 Å². The van der Waals surface area contributed by atoms with Crippen LogP contribution in [-0.2, 0) is 14.3 Å². The van der Waals surface area contributed by atoms with Crippen LogP contribution in [0.25, 0.3) is 0 Å². The van der Waals surface area contributed by atoms with Gasteiger partial charge in [-0.3, -0.25) is 9.59 Å². The quantitative estimate of drug-likeness (QED) is 0.0320. The Morgan fingerprint density at radius 2 is 0.602 bits per heavy atom. The van der Waals surface area contributed by atoms with E-state index in [1.54, 1.807) is 0 Å². The molecule has 0 aromatic carbocycles. The van der Waals surface area contributed by atoms with Crippen LogP contribution in [0.4, 0.5) is 0 Å². The lowest BCUT2D eigenvalue weighted by molar-refractivity contribution is -0.143. The first kappa shape index (κ1) is 81.1. The molecule has 0 aromatic rings. The number of nitrogens with one attached hydrogen (secondary N) is 1. The maximum Gasteiger partial charge on any atom is 0.305 e. The number of carbonyl (C=O) groups excluding carboxylic acids is 2. The number of aliphatic hydroxyl groups excluding tert-OH is 2. The third-order valence-corrected chi connectivity index (χ3v) is 17.7. The van der Waals surface area contributed by atoms with E-state index in [9.17, 15) is 19.8 Å². The number of hydrogen-bond acceptors (Lipinski definition) is 5. The third-order valence-electron chi connectivity index (χ3n) is 17.7. The summed E-state index contributed by atoms with van der Waals surface area (Å²) in [5, 5.41) is 23.2. The Hall–Kier alpha value is -1.92. The highest BCUT2D eigenvalue weighted by Crippen LogP contribution is 2.19. The minimum atomic E-state index is -0.659. The maximum absolute atomic E-state index is 12.5. The number of rotatable bonds is 71. The van der Waals surface area contributed by atoms with Crippen molar-refractivity contribution in [1.82, 2.24) is 5.32 Å². The summed E-state index contributed by atoms with van der Waals surface area (Å²) >= 11 is 0. The van der Waals surface area contributed by atoms with Crippen LogP contribution >= 0.6 is 0 Å². The van der Waals surface area contributed by atoms with Gasteiger partial charge in [0.05, 0.1) is 25.4 Å². The molecule has 1 amide bonds. The van der Waals surface area contributed by atoms with Crippen LogP contribution in [0.15, 0.2) is 36.5 Å². The van der Waals surface area contributed by atoms with Gasteiger partial charge in [-0.1, -0.05) is 359 Å². The van der Waals surface area contributed by atoms with E-state index in [0.29, 0.717) is 25.9 Å². The van der Waals surface area contributed by atoms with Crippen molar-refractivity contribution in [3.63, 3.8) is 0 Å². The highest BCUT2D eigenvalue weighted by atomic mass is 16.5. The SMILES string of the molecule is CCCCCC/C=C\C/C=C\CCCCCCCC(=O)OCCCCCCCCCCCCCCCCCCCC/C=C\CCCCCCCCCCCCCCCCCCCC(=O)NC(CO)C(O)CCCCCCCCCCCCC. The first-order chi connectivity index (χ1) is 41.0. The molecule has 0 aliphatic carbocycles. The van der Waals surface area contributed by atoms with Gasteiger partial charge in [-0.25, -0.2) is 0 Å². The summed E-state index contributed by atoms with van der Waals surface area (Å²) in [4.78, 5) is 24.6. The molecule has 0 fully saturated rings. The van der Waals surface area contributed by atoms with Crippen LogP contribution in [0.2, 0.25) is 0 Å². The Labute approximate surface area is 519 Å². The largest absolute Gasteiger partial charge is 0.466 e. The van der Waals surface area contributed by atoms with Gasteiger partial charge in [-0.15, -0.1) is 0 Å². The Balaban J connectivity index is 3.30. The van der Waals surface area contributed by atoms with E-state index in [1.807, 2.05) is 0 Å². The molecule has 490 valence electrons. The fourth-order valence-electron chi connectivity index (χ4n) is 11.9. The number of amides is 1. The molecule has 0 bridgehead atoms. The summed E-state index contributed by atoms with van der Waals surface area (Å²) < 4.78 is 5.50. The second-order valence-corrected chi connectivity index (χ2v) is 26.0. The van der Waals surface area contributed by atoms with Gasteiger partial charge in [-0.2, -0.15) is 0 Å². The van der Waals surface area contributed by atoms with Crippen molar-refractivity contribution >= 4 is 11.9 Å². The van der Waals surface area contributed by atoms with Crippen LogP contribution in [0.5, 0.6) is 0 Å². The van der Waals surface area contributed by atoms with Crippen LogP contribution in [0, 0.1) is 0 Å². The first-order valence-electron chi connectivity index (χ1n) is 37.7. The minimum absolute atomic E-state index is 0.00933. The molecule has 0 aliphatic rings. The number of unbranched alkanes of at least 4 members (excludes halogenated alkanes) is 54. The third kappa shape index (κ3) is 69.1. The van der Waals surface area contributed by atoms with Crippen molar-refractivity contribution in [2.45, 2.75) is 431 Å². The lowest BCUT2D eigenvalue weighted by Crippen LogP contribution is -2.45. The van der Waals surface area contributed by atoms with Crippen molar-refractivity contribution in [3.05, 3.63) is 36.5 Å². The fourth-order valence-corrected chi connectivity index (χ4v) is 11.9. The van der Waals surface area contributed by atoms with Gasteiger partial charge >= 0.3 is 5.97 Å². The van der Waals surface area contributed by atoms with Gasteiger partial charge < -0.3 is 20.3 Å². The molecule has 6 heteroatoms. The summed E-state index contributed by atoms with van der Waals surface area (Å²) in [5.41, 5.74) is 0. The Morgan fingerprint density at radius 3 is 0.940 bits per heavy atom. The van der Waals surface area contributed by atoms with Crippen molar-refractivity contribution in [2.75, 3.05) is 13.2 Å². The van der Waals surface area contributed by atoms with Crippen molar-refractivity contribution in [3.8, 4) is 0 Å². The van der Waals surface area contributed by atoms with E-state index in [4.69, 9.17) is 4.74 Å². The zero-order chi connectivity index (χ0) is 59.9. The van der Waals surface area contributed by atoms with Crippen LogP contribution < -0.4 is 5.32 Å². The van der Waals surface area contributed by atoms with E-state index in [-0.39, 0.29) is 18.5 Å². The molecule has 3 N–H and O–H groups in total. The van der Waals surface area contributed by atoms with Crippen LogP contribution in [0.3, 0.4) is 0 Å². The van der Waals surface area contributed by atoms with E-state index < -0.39 is 12.1 Å². The van der Waals surface area contributed by atoms with Gasteiger partial charge in [0.25, 0.3) is 0 Å². The highest BCUT2D eigenvalue weighted by Gasteiger charge is 2.20. The van der Waals surface area contributed by atoms with Crippen molar-refractivity contribution < 1.29 is 24.5 Å². The zero-order valence-corrected chi connectivity index (χ0v) is 56.2. The van der Waals surface area contributed by atoms with E-state index in [1.165, 1.54) is 334 Å². The number of aliphatic hydroxyl groups is 2. The predicted molar refractivity (Wildman–Crippen MR) is 366 cm³/mol. The van der Waals surface area contributed by atoms with E-state index in [2.05, 4.69) is 55.6 Å². The summed E-state index contributed by atoms with van der Waals surface area (Å²) in [5.74, 6) is -0.0204. The molecule has 2 unspecified atom stereocenters. The molecule has 0 saturated heterocycles. The average molecular weight is 1170 g/mol. The molecule has 2 atom stereocenters.